The Hall–Kier alpha value is -2.55. The van der Waals surface area contributed by atoms with Crippen LogP contribution in [-0.4, -0.2) is 15.6 Å². The van der Waals surface area contributed by atoms with Crippen molar-refractivity contribution in [2.45, 2.75) is 13.0 Å². The highest BCUT2D eigenvalue weighted by molar-refractivity contribution is 5.89. The van der Waals surface area contributed by atoms with Gasteiger partial charge in [-0.15, -0.1) is 0 Å². The first-order chi connectivity index (χ1) is 9.75. The summed E-state index contributed by atoms with van der Waals surface area (Å²) in [5.74, 6) is -0.832. The fourth-order valence-electron chi connectivity index (χ4n) is 2.51. The van der Waals surface area contributed by atoms with Gasteiger partial charge in [0.25, 0.3) is 0 Å². The highest BCUT2D eigenvalue weighted by atomic mass is 16.4. The van der Waals surface area contributed by atoms with Gasteiger partial charge in [-0.3, -0.25) is 4.79 Å². The maximum Gasteiger partial charge on any atom is 0.323 e. The molecule has 0 spiro atoms. The fraction of sp³-hybridized carbons (Fsp3) is 0.118. The zero-order valence-electron chi connectivity index (χ0n) is 11.0. The molecule has 1 aromatic heterocycles. The molecule has 0 atom stereocenters. The number of hydrogen-bond donors (Lipinski definition) is 1. The predicted molar refractivity (Wildman–Crippen MR) is 80.4 cm³/mol. The van der Waals surface area contributed by atoms with E-state index in [0.29, 0.717) is 0 Å². The van der Waals surface area contributed by atoms with Crippen LogP contribution in [0.5, 0.6) is 0 Å². The van der Waals surface area contributed by atoms with Crippen molar-refractivity contribution in [3.8, 4) is 0 Å². The smallest absolute Gasteiger partial charge is 0.323 e. The van der Waals surface area contributed by atoms with E-state index >= 15 is 0 Å². The van der Waals surface area contributed by atoms with Crippen LogP contribution >= 0.6 is 0 Å². The molecule has 1 aliphatic rings. The van der Waals surface area contributed by atoms with Gasteiger partial charge in [-0.05, 0) is 24.1 Å². The van der Waals surface area contributed by atoms with Crippen molar-refractivity contribution >= 4 is 22.4 Å². The molecule has 3 rings (SSSR count). The van der Waals surface area contributed by atoms with Gasteiger partial charge in [0.2, 0.25) is 0 Å². The number of fused-ring (bicyclic) bond motifs is 1. The lowest BCUT2D eigenvalue weighted by molar-refractivity contribution is -0.137. The second kappa shape index (κ2) is 5.21. The van der Waals surface area contributed by atoms with E-state index in [0.717, 1.165) is 28.6 Å². The highest BCUT2D eigenvalue weighted by Crippen LogP contribution is 2.27. The summed E-state index contributed by atoms with van der Waals surface area (Å²) in [6.45, 7) is -0.0300. The normalized spacial score (nSPS) is 14.3. The lowest BCUT2D eigenvalue weighted by Crippen LogP contribution is -2.10. The van der Waals surface area contributed by atoms with E-state index in [4.69, 9.17) is 5.11 Å². The van der Waals surface area contributed by atoms with Crippen molar-refractivity contribution in [1.29, 1.82) is 0 Å². The first-order valence-corrected chi connectivity index (χ1v) is 6.59. The quantitative estimate of drug-likeness (QED) is 0.920. The molecular weight excluding hydrogens is 250 g/mol. The Morgan fingerprint density at radius 1 is 1.25 bits per heavy atom. The molecule has 1 aliphatic carbocycles. The third-order valence-corrected chi connectivity index (χ3v) is 3.38. The van der Waals surface area contributed by atoms with Gasteiger partial charge in [-0.1, -0.05) is 48.6 Å². The molecule has 0 aliphatic heterocycles. The average Bonchev–Trinajstić information content (AvgIpc) is 2.64. The number of carbonyl (C=O) groups is 1. The first-order valence-electron chi connectivity index (χ1n) is 6.59. The number of hydrogen-bond acceptors (Lipinski definition) is 1. The first kappa shape index (κ1) is 12.5. The number of carboxylic acids is 1. The lowest BCUT2D eigenvalue weighted by Gasteiger charge is -2.08. The molecule has 3 heteroatoms. The summed E-state index contributed by atoms with van der Waals surface area (Å²) in [5, 5.41) is 10.2. The van der Waals surface area contributed by atoms with Crippen molar-refractivity contribution in [1.82, 2.24) is 4.57 Å². The maximum absolute atomic E-state index is 11.1. The number of aliphatic carboxylic acids is 1. The molecule has 100 valence electrons. The van der Waals surface area contributed by atoms with Crippen LogP contribution in [0.3, 0.4) is 0 Å². The zero-order valence-corrected chi connectivity index (χ0v) is 11.0. The summed E-state index contributed by atoms with van der Waals surface area (Å²) in [6, 6.07) is 9.91. The fourth-order valence-corrected chi connectivity index (χ4v) is 2.51. The third-order valence-electron chi connectivity index (χ3n) is 3.38. The van der Waals surface area contributed by atoms with Crippen molar-refractivity contribution in [3.05, 3.63) is 66.4 Å². The standard InChI is InChI=1S/C17H15NO2/c19-17(20)12-18-15-10-6-5-9-14(15)11-16(18)13-7-3-1-2-4-8-13/h1,3-11H,2,12H2,(H,19,20). The summed E-state index contributed by atoms with van der Waals surface area (Å²) in [4.78, 5) is 11.1. The number of benzene rings is 1. The number of rotatable bonds is 3. The van der Waals surface area contributed by atoms with Crippen molar-refractivity contribution in [2.24, 2.45) is 0 Å². The van der Waals surface area contributed by atoms with E-state index in [9.17, 15) is 4.79 Å². The third kappa shape index (κ3) is 2.30. The van der Waals surface area contributed by atoms with E-state index < -0.39 is 5.97 Å². The Kier molecular flexibility index (Phi) is 3.25. The Bertz CT molecular complexity index is 747. The molecule has 20 heavy (non-hydrogen) atoms. The molecule has 1 aromatic carbocycles. The maximum atomic E-state index is 11.1. The minimum atomic E-state index is -0.832. The molecule has 2 aromatic rings. The van der Waals surface area contributed by atoms with Crippen LogP contribution < -0.4 is 0 Å². The number of aromatic nitrogens is 1. The molecular formula is C17H15NO2. The van der Waals surface area contributed by atoms with Gasteiger partial charge in [0.15, 0.2) is 0 Å². The molecule has 1 N–H and O–H groups in total. The van der Waals surface area contributed by atoms with Gasteiger partial charge in [0, 0.05) is 16.6 Å². The Labute approximate surface area is 117 Å². The molecule has 3 nitrogen and oxygen atoms in total. The number of para-hydroxylation sites is 1. The van der Waals surface area contributed by atoms with Crippen LogP contribution in [0.1, 0.15) is 12.1 Å². The van der Waals surface area contributed by atoms with E-state index in [1.807, 2.05) is 53.1 Å². The van der Waals surface area contributed by atoms with E-state index in [-0.39, 0.29) is 6.54 Å². The van der Waals surface area contributed by atoms with Crippen LogP contribution in [0.4, 0.5) is 0 Å². The molecule has 0 saturated carbocycles. The van der Waals surface area contributed by atoms with Crippen LogP contribution in [0, 0.1) is 0 Å². The SMILES string of the molecule is O=C(O)Cn1c(C2=CC=CCC=C2)cc2ccccc21. The van der Waals surface area contributed by atoms with Gasteiger partial charge in [0.1, 0.15) is 6.54 Å². The Morgan fingerprint density at radius 2 is 2.10 bits per heavy atom. The van der Waals surface area contributed by atoms with Crippen LogP contribution in [0.2, 0.25) is 0 Å². The number of nitrogens with zero attached hydrogens (tertiary/aromatic N) is 1. The van der Waals surface area contributed by atoms with Gasteiger partial charge < -0.3 is 9.67 Å². The van der Waals surface area contributed by atoms with Crippen LogP contribution in [0.25, 0.3) is 16.5 Å². The highest BCUT2D eigenvalue weighted by Gasteiger charge is 2.13. The Morgan fingerprint density at radius 3 is 2.95 bits per heavy atom. The zero-order chi connectivity index (χ0) is 13.9. The summed E-state index contributed by atoms with van der Waals surface area (Å²) in [6.07, 6.45) is 11.1. The van der Waals surface area contributed by atoms with Gasteiger partial charge >= 0.3 is 5.97 Å². The second-order valence-corrected chi connectivity index (χ2v) is 4.76. The van der Waals surface area contributed by atoms with Crippen molar-refractivity contribution < 1.29 is 9.90 Å². The van der Waals surface area contributed by atoms with Gasteiger partial charge in [-0.25, -0.2) is 0 Å². The summed E-state index contributed by atoms with van der Waals surface area (Å²) in [5.41, 5.74) is 2.93. The van der Waals surface area contributed by atoms with Crippen molar-refractivity contribution in [3.63, 3.8) is 0 Å². The van der Waals surface area contributed by atoms with E-state index in [1.165, 1.54) is 0 Å². The second-order valence-electron chi connectivity index (χ2n) is 4.76. The largest absolute Gasteiger partial charge is 0.480 e. The van der Waals surface area contributed by atoms with Crippen LogP contribution in [0.15, 0.2) is 60.7 Å². The molecule has 0 unspecified atom stereocenters. The van der Waals surface area contributed by atoms with Crippen molar-refractivity contribution in [2.75, 3.05) is 0 Å². The van der Waals surface area contributed by atoms with E-state index in [2.05, 4.69) is 12.2 Å². The topological polar surface area (TPSA) is 42.2 Å². The Balaban J connectivity index is 2.20. The monoisotopic (exact) mass is 265 g/mol. The average molecular weight is 265 g/mol. The summed E-state index contributed by atoms with van der Waals surface area (Å²) < 4.78 is 1.85. The van der Waals surface area contributed by atoms with Gasteiger partial charge in [0.05, 0.1) is 0 Å². The lowest BCUT2D eigenvalue weighted by atomic mass is 10.1. The summed E-state index contributed by atoms with van der Waals surface area (Å²) in [7, 11) is 0. The van der Waals surface area contributed by atoms with Gasteiger partial charge in [-0.2, -0.15) is 0 Å². The number of allylic oxidation sites excluding steroid dienone is 6. The molecule has 0 radical (unpaired) electrons. The molecule has 1 heterocycles. The van der Waals surface area contributed by atoms with Crippen LogP contribution in [-0.2, 0) is 11.3 Å². The summed E-state index contributed by atoms with van der Waals surface area (Å²) >= 11 is 0. The minimum absolute atomic E-state index is 0.0300. The number of carboxylic acid groups (broad SMARTS) is 1. The molecule has 0 fully saturated rings. The predicted octanol–water partition coefficient (Wildman–Crippen LogP) is 3.63. The molecule has 0 amide bonds. The molecule has 0 bridgehead atoms. The van der Waals surface area contributed by atoms with E-state index in [1.54, 1.807) is 0 Å². The molecule has 0 saturated heterocycles. The minimum Gasteiger partial charge on any atom is -0.480 e.